The van der Waals surface area contributed by atoms with Crippen LogP contribution in [0.2, 0.25) is 0 Å². The van der Waals surface area contributed by atoms with Gasteiger partial charge in [-0.3, -0.25) is 4.79 Å². The van der Waals surface area contributed by atoms with Crippen molar-refractivity contribution in [2.75, 3.05) is 13.1 Å². The number of benzene rings is 1. The minimum atomic E-state index is -0.0412. The standard InChI is InChI=1S/C22H30N4O/c1-2-19(17-10-5-3-6-11-17)22(27)25-14-9-12-18(16-25)21-24-23-20-13-7-4-8-15-26(20)21/h3,5-6,10-11,18-19H,2,4,7-9,12-16H2,1H3. The third-order valence-electron chi connectivity index (χ3n) is 6.14. The van der Waals surface area contributed by atoms with Gasteiger partial charge in [-0.15, -0.1) is 10.2 Å². The Labute approximate surface area is 161 Å². The van der Waals surface area contributed by atoms with Crippen molar-refractivity contribution in [1.82, 2.24) is 19.7 Å². The Kier molecular flexibility index (Phi) is 5.55. The van der Waals surface area contributed by atoms with Crippen LogP contribution < -0.4 is 0 Å². The number of hydrogen-bond donors (Lipinski definition) is 0. The summed E-state index contributed by atoms with van der Waals surface area (Å²) in [5, 5.41) is 9.03. The number of carbonyl (C=O) groups is 1. The predicted molar refractivity (Wildman–Crippen MR) is 106 cm³/mol. The fourth-order valence-corrected chi connectivity index (χ4v) is 4.66. The Morgan fingerprint density at radius 1 is 1.11 bits per heavy atom. The average molecular weight is 367 g/mol. The first-order valence-corrected chi connectivity index (χ1v) is 10.5. The van der Waals surface area contributed by atoms with Crippen molar-refractivity contribution in [1.29, 1.82) is 0 Å². The molecular formula is C22H30N4O. The van der Waals surface area contributed by atoms with Gasteiger partial charge in [0, 0.05) is 32.0 Å². The molecule has 4 rings (SSSR count). The minimum absolute atomic E-state index is 0.0412. The van der Waals surface area contributed by atoms with E-state index in [1.165, 1.54) is 19.3 Å². The molecule has 2 atom stereocenters. The molecule has 0 aliphatic carbocycles. The molecule has 1 aromatic carbocycles. The SMILES string of the molecule is CCC(C(=O)N1CCCC(c2nnc3n2CCCCC3)C1)c1ccccc1. The van der Waals surface area contributed by atoms with Gasteiger partial charge in [0.25, 0.3) is 0 Å². The van der Waals surface area contributed by atoms with Crippen LogP contribution in [0.3, 0.4) is 0 Å². The number of carbonyl (C=O) groups excluding carboxylic acids is 1. The first-order chi connectivity index (χ1) is 13.3. The minimum Gasteiger partial charge on any atom is -0.341 e. The number of piperidine rings is 1. The van der Waals surface area contributed by atoms with Gasteiger partial charge in [0.2, 0.25) is 5.91 Å². The zero-order chi connectivity index (χ0) is 18.6. The van der Waals surface area contributed by atoms with E-state index in [4.69, 9.17) is 0 Å². The van der Waals surface area contributed by atoms with E-state index in [-0.39, 0.29) is 11.8 Å². The van der Waals surface area contributed by atoms with Crippen LogP contribution in [-0.4, -0.2) is 38.7 Å². The molecule has 1 amide bonds. The van der Waals surface area contributed by atoms with Crippen LogP contribution >= 0.6 is 0 Å². The summed E-state index contributed by atoms with van der Waals surface area (Å²) in [5.41, 5.74) is 1.13. The zero-order valence-corrected chi connectivity index (χ0v) is 16.3. The van der Waals surface area contributed by atoms with Crippen molar-refractivity contribution >= 4 is 5.91 Å². The molecule has 0 radical (unpaired) electrons. The smallest absolute Gasteiger partial charge is 0.230 e. The Balaban J connectivity index is 1.51. The third kappa shape index (κ3) is 3.78. The summed E-state index contributed by atoms with van der Waals surface area (Å²) in [6, 6.07) is 10.2. The summed E-state index contributed by atoms with van der Waals surface area (Å²) in [4.78, 5) is 15.3. The summed E-state index contributed by atoms with van der Waals surface area (Å²) >= 11 is 0. The number of aromatic nitrogens is 3. The van der Waals surface area contributed by atoms with Crippen LogP contribution in [0.1, 0.15) is 74.5 Å². The highest BCUT2D eigenvalue weighted by molar-refractivity contribution is 5.83. The van der Waals surface area contributed by atoms with Crippen molar-refractivity contribution in [2.45, 2.75) is 70.3 Å². The molecule has 0 saturated carbocycles. The van der Waals surface area contributed by atoms with Gasteiger partial charge in [0.05, 0.1) is 5.92 Å². The van der Waals surface area contributed by atoms with Gasteiger partial charge in [-0.1, -0.05) is 43.7 Å². The summed E-state index contributed by atoms with van der Waals surface area (Å²) < 4.78 is 2.35. The second-order valence-electron chi connectivity index (χ2n) is 7.93. The average Bonchev–Trinajstić information content (AvgIpc) is 2.98. The van der Waals surface area contributed by atoms with Crippen molar-refractivity contribution in [3.8, 4) is 0 Å². The number of hydrogen-bond acceptors (Lipinski definition) is 3. The summed E-state index contributed by atoms with van der Waals surface area (Å²) in [7, 11) is 0. The van der Waals surface area contributed by atoms with Gasteiger partial charge in [0.1, 0.15) is 11.6 Å². The van der Waals surface area contributed by atoms with E-state index in [9.17, 15) is 4.79 Å². The number of fused-ring (bicyclic) bond motifs is 1. The molecule has 1 fully saturated rings. The molecule has 2 aliphatic rings. The van der Waals surface area contributed by atoms with Gasteiger partial charge in [-0.05, 0) is 37.7 Å². The lowest BCUT2D eigenvalue weighted by atomic mass is 9.91. The number of likely N-dealkylation sites (tertiary alicyclic amines) is 1. The van der Waals surface area contributed by atoms with Crippen molar-refractivity contribution in [2.24, 2.45) is 0 Å². The first kappa shape index (κ1) is 18.2. The molecule has 0 spiro atoms. The van der Waals surface area contributed by atoms with Gasteiger partial charge in [0.15, 0.2) is 0 Å². The van der Waals surface area contributed by atoms with E-state index < -0.39 is 0 Å². The molecular weight excluding hydrogens is 336 g/mol. The van der Waals surface area contributed by atoms with Crippen LogP contribution in [0, 0.1) is 0 Å². The second-order valence-corrected chi connectivity index (χ2v) is 7.93. The van der Waals surface area contributed by atoms with Crippen LogP contribution in [0.15, 0.2) is 30.3 Å². The largest absolute Gasteiger partial charge is 0.341 e. The predicted octanol–water partition coefficient (Wildman–Crippen LogP) is 3.90. The Morgan fingerprint density at radius 2 is 1.96 bits per heavy atom. The maximum atomic E-state index is 13.3. The normalized spacial score (nSPS) is 21.4. The molecule has 0 bridgehead atoms. The maximum Gasteiger partial charge on any atom is 0.230 e. The van der Waals surface area contributed by atoms with Crippen molar-refractivity contribution in [3.05, 3.63) is 47.5 Å². The highest BCUT2D eigenvalue weighted by atomic mass is 16.2. The molecule has 5 heteroatoms. The highest BCUT2D eigenvalue weighted by Gasteiger charge is 2.32. The van der Waals surface area contributed by atoms with Crippen molar-refractivity contribution < 1.29 is 4.79 Å². The summed E-state index contributed by atoms with van der Waals surface area (Å²) in [6.45, 7) is 4.78. The van der Waals surface area contributed by atoms with Crippen LogP contribution in [0.5, 0.6) is 0 Å². The Hall–Kier alpha value is -2.17. The summed E-state index contributed by atoms with van der Waals surface area (Å²) in [5.74, 6) is 2.79. The summed E-state index contributed by atoms with van der Waals surface area (Å²) in [6.07, 6.45) is 7.71. The van der Waals surface area contributed by atoms with Crippen LogP contribution in [0.4, 0.5) is 0 Å². The molecule has 2 unspecified atom stereocenters. The van der Waals surface area contributed by atoms with E-state index in [0.717, 1.165) is 62.5 Å². The molecule has 2 aromatic rings. The van der Waals surface area contributed by atoms with Crippen LogP contribution in [-0.2, 0) is 17.8 Å². The first-order valence-electron chi connectivity index (χ1n) is 10.5. The molecule has 144 valence electrons. The lowest BCUT2D eigenvalue weighted by Gasteiger charge is -2.34. The van der Waals surface area contributed by atoms with Gasteiger partial charge < -0.3 is 9.47 Å². The van der Waals surface area contributed by atoms with E-state index >= 15 is 0 Å². The highest BCUT2D eigenvalue weighted by Crippen LogP contribution is 2.30. The lowest BCUT2D eigenvalue weighted by molar-refractivity contribution is -0.134. The van der Waals surface area contributed by atoms with E-state index in [1.54, 1.807) is 0 Å². The fourth-order valence-electron chi connectivity index (χ4n) is 4.66. The van der Waals surface area contributed by atoms with E-state index in [1.807, 2.05) is 18.2 Å². The number of nitrogens with zero attached hydrogens (tertiary/aromatic N) is 4. The Bertz CT molecular complexity index is 770. The van der Waals surface area contributed by atoms with Crippen LogP contribution in [0.25, 0.3) is 0 Å². The topological polar surface area (TPSA) is 51.0 Å². The quantitative estimate of drug-likeness (QED) is 0.824. The fraction of sp³-hybridized carbons (Fsp3) is 0.591. The molecule has 27 heavy (non-hydrogen) atoms. The maximum absolute atomic E-state index is 13.3. The second kappa shape index (κ2) is 8.24. The number of aryl methyl sites for hydroxylation is 1. The van der Waals surface area contributed by atoms with Gasteiger partial charge in [-0.2, -0.15) is 0 Å². The molecule has 0 N–H and O–H groups in total. The molecule has 3 heterocycles. The van der Waals surface area contributed by atoms with Crippen molar-refractivity contribution in [3.63, 3.8) is 0 Å². The third-order valence-corrected chi connectivity index (χ3v) is 6.14. The number of amides is 1. The molecule has 1 saturated heterocycles. The molecule has 5 nitrogen and oxygen atoms in total. The zero-order valence-electron chi connectivity index (χ0n) is 16.3. The molecule has 1 aromatic heterocycles. The number of rotatable bonds is 4. The van der Waals surface area contributed by atoms with Gasteiger partial charge >= 0.3 is 0 Å². The van der Waals surface area contributed by atoms with E-state index in [2.05, 4.69) is 38.7 Å². The lowest BCUT2D eigenvalue weighted by Crippen LogP contribution is -2.42. The Morgan fingerprint density at radius 3 is 2.78 bits per heavy atom. The molecule has 2 aliphatic heterocycles. The van der Waals surface area contributed by atoms with E-state index in [0.29, 0.717) is 5.92 Å². The monoisotopic (exact) mass is 366 g/mol. The van der Waals surface area contributed by atoms with Gasteiger partial charge in [-0.25, -0.2) is 0 Å².